The van der Waals surface area contributed by atoms with E-state index >= 15 is 0 Å². The van der Waals surface area contributed by atoms with Crippen LogP contribution in [0.1, 0.15) is 21.0 Å². The van der Waals surface area contributed by atoms with Gasteiger partial charge in [0.1, 0.15) is 10.0 Å². The number of halogens is 3. The summed E-state index contributed by atoms with van der Waals surface area (Å²) in [6, 6.07) is 2.90. The van der Waals surface area contributed by atoms with Crippen molar-refractivity contribution in [2.45, 2.75) is 0 Å². The van der Waals surface area contributed by atoms with E-state index in [0.29, 0.717) is 0 Å². The number of carbonyl (C=O) groups is 3. The number of amides is 2. The molecule has 2 amide bonds. The van der Waals surface area contributed by atoms with Gasteiger partial charge in [0, 0.05) is 0 Å². The fourth-order valence-corrected chi connectivity index (χ4v) is 2.15. The molecule has 0 unspecified atom stereocenters. The Kier molecular flexibility index (Phi) is 6.07. The molecule has 0 saturated heterocycles. The first-order valence-corrected chi connectivity index (χ1v) is 7.59. The van der Waals surface area contributed by atoms with Crippen molar-refractivity contribution >= 4 is 58.3 Å². The van der Waals surface area contributed by atoms with Gasteiger partial charge in [-0.2, -0.15) is 4.98 Å². The number of hydrazine groups is 1. The van der Waals surface area contributed by atoms with E-state index in [1.807, 2.05) is 5.43 Å². The molecule has 0 aliphatic heterocycles. The number of nitrogens with two attached hydrogens (primary N) is 1. The second-order valence-corrected chi connectivity index (χ2v) is 5.55. The van der Waals surface area contributed by atoms with Crippen molar-refractivity contribution in [1.29, 1.82) is 0 Å². The van der Waals surface area contributed by atoms with Gasteiger partial charge in [0.25, 0.3) is 11.1 Å². The summed E-state index contributed by atoms with van der Waals surface area (Å²) in [6.07, 6.45) is 1.29. The topological polar surface area (TPSA) is 138 Å². The molecule has 0 atom stereocenters. The minimum absolute atomic E-state index is 0.00930. The molecule has 0 radical (unpaired) electrons. The highest BCUT2D eigenvalue weighted by molar-refractivity contribution is 6.45. The molecule has 0 aliphatic rings. The number of hydrogen-bond donors (Lipinski definition) is 3. The van der Waals surface area contributed by atoms with Crippen molar-refractivity contribution in [3.63, 3.8) is 0 Å². The van der Waals surface area contributed by atoms with Gasteiger partial charge in [-0.05, 0) is 23.7 Å². The number of esters is 1. The van der Waals surface area contributed by atoms with Crippen LogP contribution < -0.4 is 21.6 Å². The van der Waals surface area contributed by atoms with E-state index < -0.39 is 24.4 Å². The Labute approximate surface area is 155 Å². The Bertz CT molecular complexity index is 826. The lowest BCUT2D eigenvalue weighted by Crippen LogP contribution is -2.43. The number of rotatable bonds is 4. The summed E-state index contributed by atoms with van der Waals surface area (Å²) in [4.78, 5) is 37.5. The molecule has 0 bridgehead atoms. The van der Waals surface area contributed by atoms with Crippen LogP contribution >= 0.6 is 34.8 Å². The molecule has 2 heterocycles. The predicted octanol–water partition coefficient (Wildman–Crippen LogP) is 1.25. The van der Waals surface area contributed by atoms with Crippen LogP contribution in [0.3, 0.4) is 0 Å². The molecule has 5 N–H and O–H groups in total. The third-order valence-corrected chi connectivity index (χ3v) is 3.88. The third kappa shape index (κ3) is 4.53. The summed E-state index contributed by atoms with van der Waals surface area (Å²) in [5.74, 6) is -2.50. The molecule has 0 spiro atoms. The zero-order valence-electron chi connectivity index (χ0n) is 12.2. The Morgan fingerprint density at radius 1 is 1.20 bits per heavy atom. The number of nitrogens with one attached hydrogen (secondary N) is 3. The Morgan fingerprint density at radius 3 is 2.56 bits per heavy atom. The maximum Gasteiger partial charge on any atom is 0.405 e. The molecule has 2 aromatic heterocycles. The van der Waals surface area contributed by atoms with E-state index in [4.69, 9.17) is 49.7 Å². The standard InChI is InChI=1S/C13H9Cl3N4O5/c14-7-9(17)8(15)11(16)18-10(7)13(23)25-4-6(21)19-20-12(22)5-2-1-3-24-5/h1-3H,4H2,(H2,17,18)(H,19,21)(H,20,22)/p+1. The fourth-order valence-electron chi connectivity index (χ4n) is 1.54. The minimum atomic E-state index is -0.997. The summed E-state index contributed by atoms with van der Waals surface area (Å²) in [5.41, 5.74) is 9.30. The lowest BCUT2D eigenvalue weighted by Gasteiger charge is -2.07. The third-order valence-electron chi connectivity index (χ3n) is 2.72. The van der Waals surface area contributed by atoms with Crippen LogP contribution in [0.4, 0.5) is 5.69 Å². The van der Waals surface area contributed by atoms with Crippen molar-refractivity contribution in [1.82, 2.24) is 10.9 Å². The number of H-pyrrole nitrogens is 1. The quantitative estimate of drug-likeness (QED) is 0.395. The number of pyridine rings is 1. The largest absolute Gasteiger partial charge is 0.459 e. The second-order valence-electron chi connectivity index (χ2n) is 4.41. The van der Waals surface area contributed by atoms with Gasteiger partial charge < -0.3 is 14.9 Å². The maximum absolute atomic E-state index is 11.9. The van der Waals surface area contributed by atoms with Crippen molar-refractivity contribution < 1.29 is 28.5 Å². The first-order chi connectivity index (χ1) is 11.8. The fraction of sp³-hybridized carbons (Fsp3) is 0.0769. The molecule has 12 heteroatoms. The van der Waals surface area contributed by atoms with Crippen LogP contribution in [-0.2, 0) is 9.53 Å². The molecule has 0 saturated carbocycles. The van der Waals surface area contributed by atoms with Crippen LogP contribution in [-0.4, -0.2) is 24.4 Å². The van der Waals surface area contributed by atoms with E-state index in [9.17, 15) is 14.4 Å². The number of anilines is 1. The highest BCUT2D eigenvalue weighted by atomic mass is 35.5. The lowest BCUT2D eigenvalue weighted by atomic mass is 10.3. The Hall–Kier alpha value is -2.49. The van der Waals surface area contributed by atoms with Crippen molar-refractivity contribution in [2.24, 2.45) is 0 Å². The van der Waals surface area contributed by atoms with Gasteiger partial charge in [-0.15, -0.1) is 0 Å². The van der Waals surface area contributed by atoms with Crippen molar-refractivity contribution in [2.75, 3.05) is 12.3 Å². The monoisotopic (exact) mass is 407 g/mol. The number of nitrogen functional groups attached to an aromatic ring is 1. The Morgan fingerprint density at radius 2 is 1.92 bits per heavy atom. The average Bonchev–Trinajstić information content (AvgIpc) is 3.13. The van der Waals surface area contributed by atoms with Gasteiger partial charge in [0.2, 0.25) is 0 Å². The summed E-state index contributed by atoms with van der Waals surface area (Å²) in [6.45, 7) is -0.707. The van der Waals surface area contributed by atoms with E-state index in [0.717, 1.165) is 0 Å². The van der Waals surface area contributed by atoms with Crippen LogP contribution in [0.2, 0.25) is 15.2 Å². The Balaban J connectivity index is 1.90. The van der Waals surface area contributed by atoms with Crippen LogP contribution in [0, 0.1) is 0 Å². The zero-order chi connectivity index (χ0) is 18.6. The molecule has 9 nitrogen and oxygen atoms in total. The summed E-state index contributed by atoms with van der Waals surface area (Å²) < 4.78 is 9.57. The summed E-state index contributed by atoms with van der Waals surface area (Å²) >= 11 is 17.4. The van der Waals surface area contributed by atoms with Gasteiger partial charge in [-0.1, -0.05) is 23.2 Å². The highest BCUT2D eigenvalue weighted by Gasteiger charge is 2.27. The van der Waals surface area contributed by atoms with Gasteiger partial charge in [0.05, 0.1) is 12.0 Å². The van der Waals surface area contributed by atoms with Crippen LogP contribution in [0.25, 0.3) is 0 Å². The molecule has 0 fully saturated rings. The molecular weight excluding hydrogens is 399 g/mol. The van der Waals surface area contributed by atoms with Gasteiger partial charge >= 0.3 is 17.6 Å². The second kappa shape index (κ2) is 8.06. The zero-order valence-corrected chi connectivity index (χ0v) is 14.5. The van der Waals surface area contributed by atoms with Gasteiger partial charge in [0.15, 0.2) is 12.4 Å². The van der Waals surface area contributed by atoms with E-state index in [-0.39, 0.29) is 32.3 Å². The van der Waals surface area contributed by atoms with Gasteiger partial charge in [-0.3, -0.25) is 20.4 Å². The van der Waals surface area contributed by atoms with Crippen molar-refractivity contribution in [3.8, 4) is 0 Å². The lowest BCUT2D eigenvalue weighted by molar-refractivity contribution is -0.380. The number of furan rings is 1. The molecule has 0 aliphatic carbocycles. The number of aromatic nitrogens is 1. The molecule has 2 rings (SSSR count). The minimum Gasteiger partial charge on any atom is -0.459 e. The molecular formula is C13H10Cl3N4O5+. The first-order valence-electron chi connectivity index (χ1n) is 6.46. The number of ether oxygens (including phenoxy) is 1. The molecule has 132 valence electrons. The van der Waals surface area contributed by atoms with Crippen LogP contribution in [0.15, 0.2) is 22.8 Å². The molecule has 2 aromatic rings. The van der Waals surface area contributed by atoms with E-state index in [1.165, 1.54) is 18.4 Å². The van der Waals surface area contributed by atoms with Crippen LogP contribution in [0.5, 0.6) is 0 Å². The normalized spacial score (nSPS) is 10.2. The van der Waals surface area contributed by atoms with Crippen molar-refractivity contribution in [3.05, 3.63) is 45.0 Å². The highest BCUT2D eigenvalue weighted by Crippen LogP contribution is 2.32. The number of aromatic amines is 1. The van der Waals surface area contributed by atoms with E-state index in [2.05, 4.69) is 10.4 Å². The summed E-state index contributed by atoms with van der Waals surface area (Å²) in [5, 5.41) is -0.377. The number of carbonyl (C=O) groups excluding carboxylic acids is 3. The summed E-state index contributed by atoms with van der Waals surface area (Å²) in [7, 11) is 0. The van der Waals surface area contributed by atoms with Gasteiger partial charge in [-0.25, -0.2) is 4.79 Å². The smallest absolute Gasteiger partial charge is 0.405 e. The molecule has 25 heavy (non-hydrogen) atoms. The predicted molar refractivity (Wildman–Crippen MR) is 87.0 cm³/mol. The molecule has 0 aromatic carbocycles. The maximum atomic E-state index is 11.9. The first kappa shape index (κ1) is 18.8. The SMILES string of the molecule is Nc1c(Cl)c(Cl)[nH+]c(C(=O)OCC(=O)NNC(=O)c2ccco2)c1Cl. The van der Waals surface area contributed by atoms with E-state index in [1.54, 1.807) is 0 Å². The number of hydrogen-bond acceptors (Lipinski definition) is 6. The average molecular weight is 409 g/mol.